The van der Waals surface area contributed by atoms with Crippen LogP contribution in [0.2, 0.25) is 0 Å². The molecule has 1 aliphatic rings. The minimum absolute atomic E-state index is 0.0836. The van der Waals surface area contributed by atoms with E-state index in [4.69, 9.17) is 10.5 Å². The van der Waals surface area contributed by atoms with Crippen molar-refractivity contribution < 1.29 is 9.53 Å². The Bertz CT molecular complexity index is 835. The Kier molecular flexibility index (Phi) is 4.66. The number of anilines is 1. The Morgan fingerprint density at radius 2 is 2.33 bits per heavy atom. The molecule has 0 spiro atoms. The molecule has 1 aromatic heterocycles. The van der Waals surface area contributed by atoms with Gasteiger partial charge in [0.15, 0.2) is 0 Å². The van der Waals surface area contributed by atoms with E-state index in [1.54, 1.807) is 24.4 Å². The number of pyridine rings is 1. The van der Waals surface area contributed by atoms with Crippen molar-refractivity contribution in [1.29, 1.82) is 0 Å². The van der Waals surface area contributed by atoms with E-state index in [-0.39, 0.29) is 17.1 Å². The van der Waals surface area contributed by atoms with Gasteiger partial charge in [-0.2, -0.15) is 0 Å². The number of carbonyl (C=O) groups is 1. The molecular weight excluding hydrogens is 306 g/mol. The van der Waals surface area contributed by atoms with Crippen LogP contribution >= 0.6 is 0 Å². The highest BCUT2D eigenvalue weighted by molar-refractivity contribution is 6.00. The highest BCUT2D eigenvalue weighted by atomic mass is 16.5. The van der Waals surface area contributed by atoms with E-state index >= 15 is 0 Å². The zero-order valence-corrected chi connectivity index (χ0v) is 13.5. The molecule has 3 rings (SSSR count). The van der Waals surface area contributed by atoms with Gasteiger partial charge in [-0.3, -0.25) is 9.59 Å². The Labute approximate surface area is 139 Å². The van der Waals surface area contributed by atoms with Crippen LogP contribution in [0.3, 0.4) is 0 Å². The number of hydrogen-bond donors (Lipinski definition) is 2. The fourth-order valence-corrected chi connectivity index (χ4v) is 3.04. The van der Waals surface area contributed by atoms with E-state index in [1.165, 1.54) is 0 Å². The number of carbonyl (C=O) groups excluding carboxylic acids is 1. The van der Waals surface area contributed by atoms with Crippen molar-refractivity contribution >= 4 is 22.5 Å². The van der Waals surface area contributed by atoms with Crippen LogP contribution in [0.15, 0.2) is 41.8 Å². The topological polar surface area (TPSA) is 86.3 Å². The molecule has 2 aromatic rings. The number of ether oxygens (including phenoxy) is 1. The van der Waals surface area contributed by atoms with E-state index in [9.17, 15) is 9.59 Å². The molecule has 6 heteroatoms. The molecule has 1 atom stereocenters. The van der Waals surface area contributed by atoms with Crippen molar-refractivity contribution in [2.75, 3.05) is 18.9 Å². The predicted octanol–water partition coefficient (Wildman–Crippen LogP) is 1.68. The zero-order valence-electron chi connectivity index (χ0n) is 13.5. The quantitative estimate of drug-likeness (QED) is 0.646. The Morgan fingerprint density at radius 3 is 3.04 bits per heavy atom. The van der Waals surface area contributed by atoms with Gasteiger partial charge in [-0.15, -0.1) is 6.58 Å². The lowest BCUT2D eigenvalue weighted by Gasteiger charge is -2.17. The van der Waals surface area contributed by atoms with Gasteiger partial charge in [-0.05, 0) is 25.0 Å². The SMILES string of the molecule is C=CCNC(=O)c1cn(CC2CCCO2)c2cccc(N)c2c1=O. The second-order valence-corrected chi connectivity index (χ2v) is 5.90. The van der Waals surface area contributed by atoms with Crippen LogP contribution in [-0.2, 0) is 11.3 Å². The second-order valence-electron chi connectivity index (χ2n) is 5.90. The molecule has 126 valence electrons. The van der Waals surface area contributed by atoms with E-state index < -0.39 is 5.91 Å². The van der Waals surface area contributed by atoms with Gasteiger partial charge in [-0.25, -0.2) is 0 Å². The minimum atomic E-state index is -0.425. The lowest BCUT2D eigenvalue weighted by molar-refractivity contribution is 0.0943. The number of rotatable bonds is 5. The molecule has 1 fully saturated rings. The molecule has 2 heterocycles. The van der Waals surface area contributed by atoms with Crippen LogP contribution in [-0.4, -0.2) is 29.7 Å². The van der Waals surface area contributed by atoms with Gasteiger partial charge in [0, 0.05) is 31.6 Å². The molecule has 1 aliphatic heterocycles. The molecule has 1 aromatic carbocycles. The van der Waals surface area contributed by atoms with E-state index in [0.717, 1.165) is 25.0 Å². The summed E-state index contributed by atoms with van der Waals surface area (Å²) in [7, 11) is 0. The number of benzene rings is 1. The zero-order chi connectivity index (χ0) is 17.1. The van der Waals surface area contributed by atoms with E-state index in [1.807, 2.05) is 10.6 Å². The first-order valence-corrected chi connectivity index (χ1v) is 8.04. The van der Waals surface area contributed by atoms with Crippen LogP contribution in [0, 0.1) is 0 Å². The summed E-state index contributed by atoms with van der Waals surface area (Å²) in [6.07, 6.45) is 5.25. The minimum Gasteiger partial charge on any atom is -0.398 e. The summed E-state index contributed by atoms with van der Waals surface area (Å²) in [5.74, 6) is -0.425. The number of amides is 1. The lowest BCUT2D eigenvalue weighted by Crippen LogP contribution is -2.31. The first-order chi connectivity index (χ1) is 11.6. The van der Waals surface area contributed by atoms with E-state index in [0.29, 0.717) is 24.2 Å². The summed E-state index contributed by atoms with van der Waals surface area (Å²) >= 11 is 0. The van der Waals surface area contributed by atoms with Gasteiger partial charge in [-0.1, -0.05) is 12.1 Å². The van der Waals surface area contributed by atoms with Gasteiger partial charge < -0.3 is 20.4 Å². The summed E-state index contributed by atoms with van der Waals surface area (Å²) in [6, 6.07) is 5.32. The van der Waals surface area contributed by atoms with Gasteiger partial charge in [0.05, 0.1) is 17.0 Å². The smallest absolute Gasteiger partial charge is 0.257 e. The summed E-state index contributed by atoms with van der Waals surface area (Å²) in [6.45, 7) is 5.20. The largest absolute Gasteiger partial charge is 0.398 e. The maximum atomic E-state index is 12.7. The molecule has 0 aliphatic carbocycles. The first kappa shape index (κ1) is 16.3. The second kappa shape index (κ2) is 6.88. The fourth-order valence-electron chi connectivity index (χ4n) is 3.04. The maximum absolute atomic E-state index is 12.7. The highest BCUT2D eigenvalue weighted by Gasteiger charge is 2.20. The van der Waals surface area contributed by atoms with Crippen molar-refractivity contribution in [3.8, 4) is 0 Å². The number of nitrogens with one attached hydrogen (secondary N) is 1. The van der Waals surface area contributed by atoms with Crippen molar-refractivity contribution in [3.05, 3.63) is 52.8 Å². The summed E-state index contributed by atoms with van der Waals surface area (Å²) in [4.78, 5) is 25.1. The first-order valence-electron chi connectivity index (χ1n) is 8.04. The number of nitrogen functional groups attached to an aromatic ring is 1. The average molecular weight is 327 g/mol. The molecule has 3 N–H and O–H groups in total. The van der Waals surface area contributed by atoms with Gasteiger partial charge >= 0.3 is 0 Å². The van der Waals surface area contributed by atoms with Crippen LogP contribution in [0.5, 0.6) is 0 Å². The van der Waals surface area contributed by atoms with Crippen molar-refractivity contribution in [3.63, 3.8) is 0 Å². The van der Waals surface area contributed by atoms with Crippen LogP contribution in [0.4, 0.5) is 5.69 Å². The summed E-state index contributed by atoms with van der Waals surface area (Å²) in [5.41, 5.74) is 6.83. The van der Waals surface area contributed by atoms with Crippen molar-refractivity contribution in [1.82, 2.24) is 9.88 Å². The molecule has 0 saturated carbocycles. The molecule has 1 unspecified atom stereocenters. The Balaban J connectivity index is 2.12. The normalized spacial score (nSPS) is 17.1. The molecule has 1 saturated heterocycles. The number of fused-ring (bicyclic) bond motifs is 1. The summed E-state index contributed by atoms with van der Waals surface area (Å²) in [5, 5.41) is 3.03. The fraction of sp³-hybridized carbons (Fsp3) is 0.333. The lowest BCUT2D eigenvalue weighted by atomic mass is 10.1. The number of nitrogens with two attached hydrogens (primary N) is 1. The highest BCUT2D eigenvalue weighted by Crippen LogP contribution is 2.21. The standard InChI is InChI=1S/C18H21N3O3/c1-2-8-20-18(23)13-11-21(10-12-5-4-9-24-12)15-7-3-6-14(19)16(15)17(13)22/h2-3,6-7,11-12H,1,4-5,8-10,19H2,(H,20,23). The van der Waals surface area contributed by atoms with Crippen molar-refractivity contribution in [2.24, 2.45) is 0 Å². The van der Waals surface area contributed by atoms with Gasteiger partial charge in [0.2, 0.25) is 5.43 Å². The van der Waals surface area contributed by atoms with Gasteiger partial charge in [0.1, 0.15) is 5.56 Å². The third-order valence-corrected chi connectivity index (χ3v) is 4.22. The third-order valence-electron chi connectivity index (χ3n) is 4.22. The maximum Gasteiger partial charge on any atom is 0.257 e. The van der Waals surface area contributed by atoms with Crippen LogP contribution in [0.25, 0.3) is 10.9 Å². The molecule has 1 amide bonds. The van der Waals surface area contributed by atoms with E-state index in [2.05, 4.69) is 11.9 Å². The number of hydrogen-bond acceptors (Lipinski definition) is 4. The number of nitrogens with zero attached hydrogens (tertiary/aromatic N) is 1. The molecule has 0 bridgehead atoms. The Morgan fingerprint density at radius 1 is 1.50 bits per heavy atom. The summed E-state index contributed by atoms with van der Waals surface area (Å²) < 4.78 is 7.58. The van der Waals surface area contributed by atoms with Crippen LogP contribution < -0.4 is 16.5 Å². The monoisotopic (exact) mass is 327 g/mol. The van der Waals surface area contributed by atoms with Crippen molar-refractivity contribution in [2.45, 2.75) is 25.5 Å². The molecule has 6 nitrogen and oxygen atoms in total. The molecule has 0 radical (unpaired) electrons. The number of aromatic nitrogens is 1. The average Bonchev–Trinajstić information content (AvgIpc) is 3.08. The molecular formula is C18H21N3O3. The predicted molar refractivity (Wildman–Crippen MR) is 94.1 cm³/mol. The third kappa shape index (κ3) is 3.05. The Hall–Kier alpha value is -2.60. The molecule has 24 heavy (non-hydrogen) atoms. The van der Waals surface area contributed by atoms with Crippen LogP contribution in [0.1, 0.15) is 23.2 Å². The van der Waals surface area contributed by atoms with Gasteiger partial charge in [0.25, 0.3) is 5.91 Å².